The molecule has 2 heterocycles. The molecule has 1 fully saturated rings. The number of nitrogens with two attached hydrogens (primary N) is 1. The summed E-state index contributed by atoms with van der Waals surface area (Å²) in [6.07, 6.45) is 2.89. The van der Waals surface area contributed by atoms with Gasteiger partial charge in [0.1, 0.15) is 17.9 Å². The van der Waals surface area contributed by atoms with E-state index in [4.69, 9.17) is 9.88 Å². The Balaban J connectivity index is 1.79. The summed E-state index contributed by atoms with van der Waals surface area (Å²) in [6.45, 7) is 1.40. The van der Waals surface area contributed by atoms with Crippen molar-refractivity contribution in [1.82, 2.24) is 14.7 Å². The van der Waals surface area contributed by atoms with Crippen LogP contribution in [0.25, 0.3) is 10.9 Å². The molecule has 0 radical (unpaired) electrons. The van der Waals surface area contributed by atoms with Crippen LogP contribution in [0, 0.1) is 0 Å². The Morgan fingerprint density at radius 2 is 2.04 bits per heavy atom. The van der Waals surface area contributed by atoms with E-state index in [0.29, 0.717) is 25.9 Å². The average molecular weight is 337 g/mol. The van der Waals surface area contributed by atoms with Crippen LogP contribution in [0.15, 0.2) is 24.5 Å². The average Bonchev–Trinajstić information content (AvgIpc) is 2.53. The van der Waals surface area contributed by atoms with Crippen LogP contribution in [-0.2, 0) is 10.2 Å². The molecule has 1 saturated heterocycles. The predicted molar refractivity (Wildman–Crippen MR) is 87.6 cm³/mol. The lowest BCUT2D eigenvalue weighted by atomic mass is 10.1. The van der Waals surface area contributed by atoms with E-state index in [1.807, 2.05) is 18.2 Å². The van der Waals surface area contributed by atoms with Crippen molar-refractivity contribution in [3.8, 4) is 5.75 Å². The summed E-state index contributed by atoms with van der Waals surface area (Å²) in [7, 11) is -2.04. The third-order valence-electron chi connectivity index (χ3n) is 3.95. The maximum absolute atomic E-state index is 11.1. The smallest absolute Gasteiger partial charge is 0.274 e. The zero-order valence-corrected chi connectivity index (χ0v) is 13.6. The van der Waals surface area contributed by atoms with Crippen molar-refractivity contribution in [1.29, 1.82) is 0 Å². The Morgan fingerprint density at radius 3 is 2.70 bits per heavy atom. The van der Waals surface area contributed by atoms with E-state index in [2.05, 4.69) is 19.6 Å². The quantitative estimate of drug-likeness (QED) is 0.835. The molecule has 0 saturated carbocycles. The Kier molecular flexibility index (Phi) is 4.33. The van der Waals surface area contributed by atoms with Gasteiger partial charge in [-0.05, 0) is 25.0 Å². The van der Waals surface area contributed by atoms with Crippen LogP contribution in [0.5, 0.6) is 5.75 Å². The van der Waals surface area contributed by atoms with Gasteiger partial charge in [-0.2, -0.15) is 13.1 Å². The van der Waals surface area contributed by atoms with Crippen LogP contribution < -0.4 is 19.5 Å². The number of nitrogens with zero attached hydrogens (tertiary/aromatic N) is 3. The molecule has 1 aliphatic heterocycles. The number of rotatable bonds is 4. The molecular weight excluding hydrogens is 318 g/mol. The molecule has 0 aliphatic carbocycles. The highest BCUT2D eigenvalue weighted by molar-refractivity contribution is 7.87. The van der Waals surface area contributed by atoms with Crippen LogP contribution in [0.4, 0.5) is 5.82 Å². The highest BCUT2D eigenvalue weighted by Gasteiger charge is 2.23. The Labute approximate surface area is 134 Å². The predicted octanol–water partition coefficient (Wildman–Crippen LogP) is 0.400. The number of ether oxygens (including phenoxy) is 1. The minimum Gasteiger partial charge on any atom is -0.497 e. The fourth-order valence-electron chi connectivity index (χ4n) is 2.84. The van der Waals surface area contributed by atoms with Crippen molar-refractivity contribution < 1.29 is 13.2 Å². The molecule has 0 unspecified atom stereocenters. The summed E-state index contributed by atoms with van der Waals surface area (Å²) in [4.78, 5) is 10.8. The van der Waals surface area contributed by atoms with Gasteiger partial charge in [0, 0.05) is 30.6 Å². The third-order valence-corrected chi connectivity index (χ3v) is 4.61. The maximum Gasteiger partial charge on any atom is 0.274 e. The number of fused-ring (bicyclic) bond motifs is 1. The second kappa shape index (κ2) is 6.26. The number of methoxy groups -OCH3 is 1. The van der Waals surface area contributed by atoms with Gasteiger partial charge in [-0.25, -0.2) is 15.1 Å². The van der Waals surface area contributed by atoms with E-state index in [9.17, 15) is 8.42 Å². The van der Waals surface area contributed by atoms with Crippen LogP contribution in [0.1, 0.15) is 12.8 Å². The molecule has 0 amide bonds. The highest BCUT2D eigenvalue weighted by atomic mass is 32.2. The van der Waals surface area contributed by atoms with Crippen LogP contribution in [0.2, 0.25) is 0 Å². The summed E-state index contributed by atoms with van der Waals surface area (Å²) < 4.78 is 29.9. The van der Waals surface area contributed by atoms with E-state index in [1.165, 1.54) is 6.33 Å². The Morgan fingerprint density at radius 1 is 1.30 bits per heavy atom. The van der Waals surface area contributed by atoms with Gasteiger partial charge < -0.3 is 9.64 Å². The molecule has 3 N–H and O–H groups in total. The zero-order chi connectivity index (χ0) is 16.4. The molecule has 1 aromatic carbocycles. The van der Waals surface area contributed by atoms with Gasteiger partial charge in [0.05, 0.1) is 12.6 Å². The fraction of sp³-hybridized carbons (Fsp3) is 0.429. The summed E-state index contributed by atoms with van der Waals surface area (Å²) in [5, 5.41) is 5.98. The van der Waals surface area contributed by atoms with E-state index < -0.39 is 10.2 Å². The van der Waals surface area contributed by atoms with Crippen molar-refractivity contribution in [3.05, 3.63) is 24.5 Å². The largest absolute Gasteiger partial charge is 0.497 e. The Hall–Kier alpha value is -1.97. The Bertz CT molecular complexity index is 803. The number of hydrogen-bond acceptors (Lipinski definition) is 6. The number of anilines is 1. The van der Waals surface area contributed by atoms with E-state index in [0.717, 1.165) is 22.5 Å². The first-order chi connectivity index (χ1) is 11.0. The second-order valence-corrected chi connectivity index (χ2v) is 6.83. The van der Waals surface area contributed by atoms with Crippen LogP contribution in [0.3, 0.4) is 0 Å². The first-order valence-corrected chi connectivity index (χ1v) is 8.84. The molecule has 1 aromatic heterocycles. The lowest BCUT2D eigenvalue weighted by Crippen LogP contribution is -2.46. The molecule has 0 bridgehead atoms. The van der Waals surface area contributed by atoms with Gasteiger partial charge in [0.15, 0.2) is 0 Å². The van der Waals surface area contributed by atoms with Crippen LogP contribution >= 0.6 is 0 Å². The molecule has 23 heavy (non-hydrogen) atoms. The number of benzene rings is 1. The summed E-state index contributed by atoms with van der Waals surface area (Å²) >= 11 is 0. The van der Waals surface area contributed by atoms with Crippen molar-refractivity contribution >= 4 is 26.9 Å². The maximum atomic E-state index is 11.1. The second-order valence-electron chi connectivity index (χ2n) is 5.50. The van der Waals surface area contributed by atoms with Crippen molar-refractivity contribution in [2.45, 2.75) is 18.9 Å². The number of nitrogens with one attached hydrogen (secondary N) is 1. The van der Waals surface area contributed by atoms with Crippen molar-refractivity contribution in [2.24, 2.45) is 5.14 Å². The zero-order valence-electron chi connectivity index (χ0n) is 12.8. The van der Waals surface area contributed by atoms with E-state index in [-0.39, 0.29) is 6.04 Å². The number of piperidine rings is 1. The van der Waals surface area contributed by atoms with E-state index >= 15 is 0 Å². The van der Waals surface area contributed by atoms with Gasteiger partial charge in [-0.3, -0.25) is 0 Å². The molecular formula is C14H19N5O3S. The molecule has 9 heteroatoms. The first-order valence-electron chi connectivity index (χ1n) is 7.30. The topological polar surface area (TPSA) is 110 Å². The van der Waals surface area contributed by atoms with Gasteiger partial charge in [-0.15, -0.1) is 0 Å². The summed E-state index contributed by atoms with van der Waals surface area (Å²) in [5.74, 6) is 1.60. The summed E-state index contributed by atoms with van der Waals surface area (Å²) in [6, 6.07) is 5.56. The molecule has 2 aromatic rings. The van der Waals surface area contributed by atoms with Crippen molar-refractivity contribution in [2.75, 3.05) is 25.1 Å². The SMILES string of the molecule is COc1ccc2c(N3CCC(NS(N)(=O)=O)CC3)ncnc2c1. The summed E-state index contributed by atoms with van der Waals surface area (Å²) in [5.41, 5.74) is 0.819. The minimum atomic E-state index is -3.66. The third kappa shape index (κ3) is 3.69. The fourth-order valence-corrected chi connectivity index (χ4v) is 3.54. The number of aromatic nitrogens is 2. The minimum absolute atomic E-state index is 0.130. The molecule has 0 spiro atoms. The molecule has 124 valence electrons. The van der Waals surface area contributed by atoms with Gasteiger partial charge in [0.2, 0.25) is 0 Å². The normalized spacial score (nSPS) is 16.7. The lowest BCUT2D eigenvalue weighted by molar-refractivity contribution is 0.415. The van der Waals surface area contributed by atoms with Gasteiger partial charge in [-0.1, -0.05) is 0 Å². The van der Waals surface area contributed by atoms with Crippen molar-refractivity contribution in [3.63, 3.8) is 0 Å². The molecule has 3 rings (SSSR count). The molecule has 1 aliphatic rings. The van der Waals surface area contributed by atoms with Crippen LogP contribution in [-0.4, -0.2) is 44.6 Å². The molecule has 8 nitrogen and oxygen atoms in total. The standard InChI is InChI=1S/C14H19N5O3S/c1-22-11-2-3-12-13(8-11)16-9-17-14(12)19-6-4-10(5-7-19)18-23(15,20)21/h2-3,8-10,18H,4-7H2,1H3,(H2,15,20,21). The lowest BCUT2D eigenvalue weighted by Gasteiger charge is -2.33. The van der Waals surface area contributed by atoms with Gasteiger partial charge in [0.25, 0.3) is 10.2 Å². The van der Waals surface area contributed by atoms with E-state index in [1.54, 1.807) is 7.11 Å². The van der Waals surface area contributed by atoms with Gasteiger partial charge >= 0.3 is 0 Å². The number of hydrogen-bond donors (Lipinski definition) is 2. The highest BCUT2D eigenvalue weighted by Crippen LogP contribution is 2.28. The molecule has 0 atom stereocenters. The monoisotopic (exact) mass is 337 g/mol. The first kappa shape index (κ1) is 15.9.